The summed E-state index contributed by atoms with van der Waals surface area (Å²) in [5.74, 6) is 0.190. The van der Waals surface area contributed by atoms with Crippen molar-refractivity contribution in [1.82, 2.24) is 0 Å². The van der Waals surface area contributed by atoms with Gasteiger partial charge in [0.2, 0.25) is 0 Å². The minimum absolute atomic E-state index is 0.176. The van der Waals surface area contributed by atoms with Crippen LogP contribution in [0.1, 0.15) is 6.92 Å². The van der Waals surface area contributed by atoms with Crippen LogP contribution in [-0.4, -0.2) is 19.2 Å². The Hall–Kier alpha value is -1.29. The molecule has 0 fully saturated rings. The SMILES string of the molecule is C=C/C=C(\C=C/C)OCCOC(=O)C(=C)Br. The Labute approximate surface area is 104 Å². The number of halogens is 1. The van der Waals surface area contributed by atoms with Gasteiger partial charge < -0.3 is 9.47 Å². The first kappa shape index (κ1) is 14.7. The molecule has 0 atom stereocenters. The predicted octanol–water partition coefficient (Wildman–Crippen LogP) is 3.10. The van der Waals surface area contributed by atoms with Crippen LogP contribution in [0.15, 0.2) is 47.7 Å². The zero-order valence-corrected chi connectivity index (χ0v) is 10.8. The lowest BCUT2D eigenvalue weighted by atomic mass is 10.4. The van der Waals surface area contributed by atoms with E-state index in [2.05, 4.69) is 29.1 Å². The average molecular weight is 287 g/mol. The lowest BCUT2D eigenvalue weighted by molar-refractivity contribution is -0.139. The van der Waals surface area contributed by atoms with Gasteiger partial charge in [-0.15, -0.1) is 0 Å². The molecule has 0 rings (SSSR count). The lowest BCUT2D eigenvalue weighted by Gasteiger charge is -2.07. The van der Waals surface area contributed by atoms with E-state index in [0.717, 1.165) is 0 Å². The number of carbonyl (C=O) groups excluding carboxylic acids is 1. The number of hydrogen-bond donors (Lipinski definition) is 0. The molecule has 16 heavy (non-hydrogen) atoms. The maximum absolute atomic E-state index is 11.0. The van der Waals surface area contributed by atoms with E-state index >= 15 is 0 Å². The van der Waals surface area contributed by atoms with Crippen LogP contribution in [0.3, 0.4) is 0 Å². The number of ether oxygens (including phenoxy) is 2. The van der Waals surface area contributed by atoms with Crippen LogP contribution >= 0.6 is 15.9 Å². The highest BCUT2D eigenvalue weighted by molar-refractivity contribution is 9.12. The van der Waals surface area contributed by atoms with Crippen molar-refractivity contribution in [1.29, 1.82) is 0 Å². The second-order valence-corrected chi connectivity index (χ2v) is 3.65. The van der Waals surface area contributed by atoms with Crippen molar-refractivity contribution in [2.75, 3.05) is 13.2 Å². The van der Waals surface area contributed by atoms with Gasteiger partial charge in [-0.1, -0.05) is 25.3 Å². The van der Waals surface area contributed by atoms with Crippen molar-refractivity contribution >= 4 is 21.9 Å². The molecule has 4 heteroatoms. The zero-order chi connectivity index (χ0) is 12.4. The lowest BCUT2D eigenvalue weighted by Crippen LogP contribution is -2.09. The minimum Gasteiger partial charge on any atom is -0.490 e. The van der Waals surface area contributed by atoms with E-state index in [-0.39, 0.29) is 17.7 Å². The van der Waals surface area contributed by atoms with Crippen LogP contribution in [0, 0.1) is 0 Å². The molecule has 0 radical (unpaired) electrons. The van der Waals surface area contributed by atoms with Crippen LogP contribution in [-0.2, 0) is 14.3 Å². The van der Waals surface area contributed by atoms with Gasteiger partial charge in [-0.25, -0.2) is 4.79 Å². The Morgan fingerprint density at radius 2 is 2.00 bits per heavy atom. The number of hydrogen-bond acceptors (Lipinski definition) is 3. The molecular weight excluding hydrogens is 272 g/mol. The molecule has 0 aliphatic rings. The van der Waals surface area contributed by atoms with Gasteiger partial charge in [0.05, 0.1) is 4.48 Å². The Balaban J connectivity index is 3.88. The summed E-state index contributed by atoms with van der Waals surface area (Å²) in [7, 11) is 0. The summed E-state index contributed by atoms with van der Waals surface area (Å²) in [6.45, 7) is 9.31. The van der Waals surface area contributed by atoms with Gasteiger partial charge in [-0.2, -0.15) is 0 Å². The average Bonchev–Trinajstić information content (AvgIpc) is 2.24. The van der Waals surface area contributed by atoms with E-state index in [0.29, 0.717) is 5.76 Å². The summed E-state index contributed by atoms with van der Waals surface area (Å²) in [4.78, 5) is 11.0. The molecule has 0 aliphatic carbocycles. The van der Waals surface area contributed by atoms with E-state index < -0.39 is 5.97 Å². The molecular formula is C12H15BrO3. The molecule has 0 aromatic rings. The van der Waals surface area contributed by atoms with Crippen LogP contribution in [0.5, 0.6) is 0 Å². The number of rotatable bonds is 7. The predicted molar refractivity (Wildman–Crippen MR) is 68.1 cm³/mol. The summed E-state index contributed by atoms with van der Waals surface area (Å²) in [5.41, 5.74) is 0. The zero-order valence-electron chi connectivity index (χ0n) is 9.24. The van der Waals surface area contributed by atoms with E-state index in [4.69, 9.17) is 9.47 Å². The Morgan fingerprint density at radius 1 is 1.38 bits per heavy atom. The minimum atomic E-state index is -0.483. The van der Waals surface area contributed by atoms with Gasteiger partial charge >= 0.3 is 5.97 Å². The second-order valence-electron chi connectivity index (χ2n) is 2.69. The van der Waals surface area contributed by atoms with Crippen LogP contribution in [0.25, 0.3) is 0 Å². The first-order chi connectivity index (χ1) is 7.61. The van der Waals surface area contributed by atoms with Crippen molar-refractivity contribution in [2.24, 2.45) is 0 Å². The van der Waals surface area contributed by atoms with E-state index in [1.165, 1.54) is 0 Å². The maximum atomic E-state index is 11.0. The molecule has 0 aromatic heterocycles. The van der Waals surface area contributed by atoms with Crippen LogP contribution < -0.4 is 0 Å². The topological polar surface area (TPSA) is 35.5 Å². The van der Waals surface area contributed by atoms with Crippen molar-refractivity contribution < 1.29 is 14.3 Å². The molecule has 88 valence electrons. The van der Waals surface area contributed by atoms with Crippen molar-refractivity contribution in [3.8, 4) is 0 Å². The summed E-state index contributed by atoms with van der Waals surface area (Å²) in [6.07, 6.45) is 7.00. The summed E-state index contributed by atoms with van der Waals surface area (Å²) in [5, 5.41) is 0. The largest absolute Gasteiger partial charge is 0.490 e. The first-order valence-electron chi connectivity index (χ1n) is 4.71. The van der Waals surface area contributed by atoms with Gasteiger partial charge in [0.1, 0.15) is 19.0 Å². The summed E-state index contributed by atoms with van der Waals surface area (Å²) in [6, 6.07) is 0. The molecule has 0 spiro atoms. The fraction of sp³-hybridized carbons (Fsp3) is 0.250. The molecule has 0 bridgehead atoms. The molecule has 0 unspecified atom stereocenters. The Bertz CT molecular complexity index is 316. The van der Waals surface area contributed by atoms with E-state index in [1.807, 2.05) is 13.0 Å². The smallest absolute Gasteiger partial charge is 0.344 e. The van der Waals surface area contributed by atoms with E-state index in [1.54, 1.807) is 18.2 Å². The van der Waals surface area contributed by atoms with Gasteiger partial charge in [0.25, 0.3) is 0 Å². The standard InChI is InChI=1S/C12H15BrO3/c1-4-6-11(7-5-2)15-8-9-16-12(14)10(3)13/h4-7H,1,3,8-9H2,2H3/b7-5-,11-6+. The van der Waals surface area contributed by atoms with Gasteiger partial charge in [0, 0.05) is 0 Å². The molecule has 0 aliphatic heterocycles. The quantitative estimate of drug-likeness (QED) is 0.237. The first-order valence-corrected chi connectivity index (χ1v) is 5.50. The van der Waals surface area contributed by atoms with Crippen molar-refractivity contribution in [3.05, 3.63) is 47.7 Å². The molecule has 3 nitrogen and oxygen atoms in total. The molecule has 0 N–H and O–H groups in total. The third kappa shape index (κ3) is 7.06. The van der Waals surface area contributed by atoms with Crippen molar-refractivity contribution in [2.45, 2.75) is 6.92 Å². The van der Waals surface area contributed by atoms with Crippen LogP contribution in [0.4, 0.5) is 0 Å². The third-order valence-electron chi connectivity index (χ3n) is 1.42. The highest BCUT2D eigenvalue weighted by Crippen LogP contribution is 2.04. The van der Waals surface area contributed by atoms with Crippen molar-refractivity contribution in [3.63, 3.8) is 0 Å². The van der Waals surface area contributed by atoms with Crippen LogP contribution in [0.2, 0.25) is 0 Å². The Kier molecular flexibility index (Phi) is 8.25. The summed E-state index contributed by atoms with van der Waals surface area (Å²) < 4.78 is 10.4. The molecule has 0 saturated carbocycles. The highest BCUT2D eigenvalue weighted by atomic mass is 79.9. The molecule has 0 saturated heterocycles. The third-order valence-corrected chi connectivity index (χ3v) is 1.74. The van der Waals surface area contributed by atoms with Gasteiger partial charge in [-0.3, -0.25) is 0 Å². The maximum Gasteiger partial charge on any atom is 0.344 e. The second kappa shape index (κ2) is 8.97. The van der Waals surface area contributed by atoms with E-state index in [9.17, 15) is 4.79 Å². The molecule has 0 aromatic carbocycles. The van der Waals surface area contributed by atoms with Gasteiger partial charge in [-0.05, 0) is 35.0 Å². The fourth-order valence-corrected chi connectivity index (χ4v) is 0.919. The molecule has 0 amide bonds. The fourth-order valence-electron chi connectivity index (χ4n) is 0.804. The number of esters is 1. The normalized spacial score (nSPS) is 11.2. The highest BCUT2D eigenvalue weighted by Gasteiger charge is 2.03. The van der Waals surface area contributed by atoms with Gasteiger partial charge in [0.15, 0.2) is 0 Å². The monoisotopic (exact) mass is 286 g/mol. The summed E-state index contributed by atoms with van der Waals surface area (Å²) >= 11 is 2.92. The number of carbonyl (C=O) groups is 1. The Morgan fingerprint density at radius 3 is 2.50 bits per heavy atom. The number of allylic oxidation sites excluding steroid dienone is 4. The molecule has 0 heterocycles.